The molecule has 0 spiro atoms. The smallest absolute Gasteiger partial charge is 0.327 e. The quantitative estimate of drug-likeness (QED) is 0.117. The molecule has 0 aliphatic rings. The van der Waals surface area contributed by atoms with E-state index in [4.69, 9.17) is 16.6 Å². The Morgan fingerprint density at radius 3 is 2.24 bits per heavy atom. The number of nitrogens with two attached hydrogens (primary N) is 2. The molecule has 0 fully saturated rings. The lowest BCUT2D eigenvalue weighted by molar-refractivity contribution is -0.141. The Labute approximate surface area is 200 Å². The zero-order valence-corrected chi connectivity index (χ0v) is 19.7. The molecule has 0 bridgehead atoms. The third-order valence-corrected chi connectivity index (χ3v) is 5.43. The van der Waals surface area contributed by atoms with Gasteiger partial charge in [0, 0.05) is 24.1 Å². The number of aromatic amines is 1. The summed E-state index contributed by atoms with van der Waals surface area (Å²) in [6.45, 7) is 0. The molecule has 33 heavy (non-hydrogen) atoms. The molecule has 15 heteroatoms. The van der Waals surface area contributed by atoms with Gasteiger partial charge in [-0.3, -0.25) is 19.2 Å². The van der Waals surface area contributed by atoms with Crippen LogP contribution in [0.25, 0.3) is 0 Å². The third kappa shape index (κ3) is 10.1. The van der Waals surface area contributed by atoms with Crippen LogP contribution in [-0.4, -0.2) is 86.6 Å². The number of amides is 4. The van der Waals surface area contributed by atoms with Crippen molar-refractivity contribution >= 4 is 54.0 Å². The van der Waals surface area contributed by atoms with Crippen LogP contribution in [0.4, 0.5) is 0 Å². The summed E-state index contributed by atoms with van der Waals surface area (Å²) in [6, 6.07) is -4.83. The van der Waals surface area contributed by atoms with Crippen molar-refractivity contribution in [1.29, 1.82) is 0 Å². The molecule has 0 aliphatic carbocycles. The molecule has 0 radical (unpaired) electrons. The number of aliphatic carboxylic acids is 1. The second-order valence-electron chi connectivity index (χ2n) is 7.04. The van der Waals surface area contributed by atoms with Crippen molar-refractivity contribution in [2.24, 2.45) is 11.5 Å². The minimum atomic E-state index is -1.47. The number of rotatable bonds is 15. The Bertz CT molecular complexity index is 823. The first kappa shape index (κ1) is 28.3. The molecule has 184 valence electrons. The molecule has 9 N–H and O–H groups in total. The SMILES string of the molecule is CSCCC(N)C(=O)NC(Cc1cnc[nH]1)C(=O)NC(CC(N)=O)C(=O)NC(CS)C(=O)O. The van der Waals surface area contributed by atoms with Gasteiger partial charge in [-0.05, 0) is 18.4 Å². The Morgan fingerprint density at radius 1 is 1.12 bits per heavy atom. The number of carboxylic acid groups (broad SMARTS) is 1. The van der Waals surface area contributed by atoms with Crippen LogP contribution in [-0.2, 0) is 30.4 Å². The highest BCUT2D eigenvalue weighted by atomic mass is 32.2. The fraction of sp³-hybridized carbons (Fsp3) is 0.556. The van der Waals surface area contributed by atoms with E-state index in [1.165, 1.54) is 24.3 Å². The van der Waals surface area contributed by atoms with E-state index < -0.39 is 60.2 Å². The first-order chi connectivity index (χ1) is 15.6. The summed E-state index contributed by atoms with van der Waals surface area (Å²) in [6.07, 6.45) is 4.51. The second kappa shape index (κ2) is 14.4. The number of thiol groups is 1. The van der Waals surface area contributed by atoms with Gasteiger partial charge < -0.3 is 37.5 Å². The number of nitrogens with one attached hydrogen (secondary N) is 4. The van der Waals surface area contributed by atoms with Crippen molar-refractivity contribution in [2.75, 3.05) is 17.8 Å². The number of thioether (sulfide) groups is 1. The van der Waals surface area contributed by atoms with E-state index in [9.17, 15) is 24.0 Å². The summed E-state index contributed by atoms with van der Waals surface area (Å²) in [5.41, 5.74) is 11.6. The molecule has 0 saturated heterocycles. The van der Waals surface area contributed by atoms with E-state index in [0.29, 0.717) is 17.9 Å². The fourth-order valence-corrected chi connectivity index (χ4v) is 3.36. The summed E-state index contributed by atoms with van der Waals surface area (Å²) < 4.78 is 0. The molecule has 1 rings (SSSR count). The van der Waals surface area contributed by atoms with Crippen molar-refractivity contribution in [3.8, 4) is 0 Å². The lowest BCUT2D eigenvalue weighted by Crippen LogP contribution is -2.58. The molecular formula is C18H29N7O6S2. The highest BCUT2D eigenvalue weighted by Crippen LogP contribution is 2.04. The predicted molar refractivity (Wildman–Crippen MR) is 124 cm³/mol. The lowest BCUT2D eigenvalue weighted by atomic mass is 10.1. The molecule has 0 aliphatic heterocycles. The van der Waals surface area contributed by atoms with E-state index in [-0.39, 0.29) is 12.2 Å². The number of hydrogen-bond acceptors (Lipinski definition) is 9. The van der Waals surface area contributed by atoms with E-state index in [1.54, 1.807) is 0 Å². The topological polar surface area (TPSA) is 222 Å². The molecule has 0 saturated carbocycles. The van der Waals surface area contributed by atoms with E-state index in [2.05, 4.69) is 38.5 Å². The van der Waals surface area contributed by atoms with Crippen LogP contribution in [0.1, 0.15) is 18.5 Å². The third-order valence-electron chi connectivity index (χ3n) is 4.42. The maximum Gasteiger partial charge on any atom is 0.327 e. The Hall–Kier alpha value is -2.78. The van der Waals surface area contributed by atoms with Crippen molar-refractivity contribution < 1.29 is 29.1 Å². The summed E-state index contributed by atoms with van der Waals surface area (Å²) in [4.78, 5) is 67.2. The standard InChI is InChI=1S/C18H29N7O6S2/c1-33-3-2-10(19)15(27)23-11(4-9-6-21-8-22-9)16(28)24-12(5-14(20)26)17(29)25-13(7-32)18(30)31/h6,8,10-13,32H,2-5,7,19H2,1H3,(H2,20,26)(H,21,22)(H,23,27)(H,24,28)(H,25,29)(H,30,31). The Balaban J connectivity index is 3.00. The highest BCUT2D eigenvalue weighted by Gasteiger charge is 2.31. The van der Waals surface area contributed by atoms with Crippen molar-refractivity contribution in [3.05, 3.63) is 18.2 Å². The largest absolute Gasteiger partial charge is 0.480 e. The normalized spacial score (nSPS) is 14.4. The van der Waals surface area contributed by atoms with Gasteiger partial charge >= 0.3 is 5.97 Å². The number of aromatic nitrogens is 2. The highest BCUT2D eigenvalue weighted by molar-refractivity contribution is 7.98. The first-order valence-electron chi connectivity index (χ1n) is 9.83. The fourth-order valence-electron chi connectivity index (χ4n) is 2.62. The molecule has 13 nitrogen and oxygen atoms in total. The minimum Gasteiger partial charge on any atom is -0.480 e. The Morgan fingerprint density at radius 2 is 1.73 bits per heavy atom. The van der Waals surface area contributed by atoms with Crippen LogP contribution in [0.5, 0.6) is 0 Å². The molecule has 1 heterocycles. The Kier molecular flexibility index (Phi) is 12.3. The average Bonchev–Trinajstić information content (AvgIpc) is 3.27. The average molecular weight is 504 g/mol. The number of imidazole rings is 1. The minimum absolute atomic E-state index is 0.00781. The van der Waals surface area contributed by atoms with Crippen LogP contribution >= 0.6 is 24.4 Å². The van der Waals surface area contributed by atoms with Crippen molar-refractivity contribution in [2.45, 2.75) is 43.4 Å². The maximum absolute atomic E-state index is 13.0. The van der Waals surface area contributed by atoms with Crippen molar-refractivity contribution in [1.82, 2.24) is 25.9 Å². The van der Waals surface area contributed by atoms with E-state index >= 15 is 0 Å². The van der Waals surface area contributed by atoms with Gasteiger partial charge in [-0.2, -0.15) is 24.4 Å². The second-order valence-corrected chi connectivity index (χ2v) is 8.39. The van der Waals surface area contributed by atoms with Gasteiger partial charge in [0.15, 0.2) is 0 Å². The molecule has 4 unspecified atom stereocenters. The van der Waals surface area contributed by atoms with Gasteiger partial charge in [0.1, 0.15) is 18.1 Å². The van der Waals surface area contributed by atoms with Gasteiger partial charge in [0.05, 0.1) is 18.8 Å². The number of H-pyrrole nitrogens is 1. The molecular weight excluding hydrogens is 474 g/mol. The van der Waals surface area contributed by atoms with Gasteiger partial charge in [-0.15, -0.1) is 0 Å². The van der Waals surface area contributed by atoms with Gasteiger partial charge in [0.25, 0.3) is 0 Å². The number of nitrogens with zero attached hydrogens (tertiary/aromatic N) is 1. The van der Waals surface area contributed by atoms with Gasteiger partial charge in [-0.1, -0.05) is 0 Å². The zero-order valence-electron chi connectivity index (χ0n) is 17.9. The predicted octanol–water partition coefficient (Wildman–Crippen LogP) is -2.62. The lowest BCUT2D eigenvalue weighted by Gasteiger charge is -2.24. The van der Waals surface area contributed by atoms with Crippen molar-refractivity contribution in [3.63, 3.8) is 0 Å². The summed E-state index contributed by atoms with van der Waals surface area (Å²) in [5, 5.41) is 16.2. The maximum atomic E-state index is 13.0. The van der Waals surface area contributed by atoms with Crippen LogP contribution in [0.3, 0.4) is 0 Å². The van der Waals surface area contributed by atoms with Crippen LogP contribution < -0.4 is 27.4 Å². The van der Waals surface area contributed by atoms with Crippen LogP contribution in [0.2, 0.25) is 0 Å². The summed E-state index contributed by atoms with van der Waals surface area (Å²) in [7, 11) is 0. The number of carbonyl (C=O) groups excluding carboxylic acids is 4. The summed E-state index contributed by atoms with van der Waals surface area (Å²) >= 11 is 5.37. The van der Waals surface area contributed by atoms with Crippen LogP contribution in [0.15, 0.2) is 12.5 Å². The molecule has 1 aromatic heterocycles. The number of hydrogen-bond donors (Lipinski definition) is 8. The van der Waals surface area contributed by atoms with E-state index in [0.717, 1.165) is 0 Å². The molecule has 4 atom stereocenters. The van der Waals surface area contributed by atoms with Gasteiger partial charge in [0.2, 0.25) is 23.6 Å². The monoisotopic (exact) mass is 503 g/mol. The van der Waals surface area contributed by atoms with Crippen LogP contribution in [0, 0.1) is 0 Å². The molecule has 4 amide bonds. The number of carbonyl (C=O) groups is 5. The zero-order chi connectivity index (χ0) is 25.0. The summed E-state index contributed by atoms with van der Waals surface area (Å²) in [5.74, 6) is -4.12. The van der Waals surface area contributed by atoms with E-state index in [1.807, 2.05) is 6.26 Å². The van der Waals surface area contributed by atoms with Gasteiger partial charge in [-0.25, -0.2) is 9.78 Å². The first-order valence-corrected chi connectivity index (χ1v) is 11.9. The number of primary amides is 1. The molecule has 1 aromatic rings. The molecule has 0 aromatic carbocycles. The number of carboxylic acids is 1.